The molecule has 0 radical (unpaired) electrons. The van der Waals surface area contributed by atoms with Crippen LogP contribution in [0.4, 0.5) is 23.5 Å². The predicted molar refractivity (Wildman–Crippen MR) is 112 cm³/mol. The average Bonchev–Trinajstić information content (AvgIpc) is 3.02. The van der Waals surface area contributed by atoms with Crippen LogP contribution in [0.15, 0.2) is 30.3 Å². The lowest BCUT2D eigenvalue weighted by Crippen LogP contribution is -2.40. The van der Waals surface area contributed by atoms with E-state index in [4.69, 9.17) is 4.74 Å². The van der Waals surface area contributed by atoms with Gasteiger partial charge in [0.1, 0.15) is 11.6 Å². The number of alkyl halides is 3. The Labute approximate surface area is 184 Å². The Hall–Kier alpha value is -2.46. The molecule has 3 heterocycles. The van der Waals surface area contributed by atoms with Gasteiger partial charge in [-0.1, -0.05) is 6.07 Å². The van der Waals surface area contributed by atoms with Gasteiger partial charge in [0.2, 0.25) is 11.8 Å². The zero-order valence-corrected chi connectivity index (χ0v) is 17.7. The van der Waals surface area contributed by atoms with E-state index < -0.39 is 17.7 Å². The number of anilines is 1. The summed E-state index contributed by atoms with van der Waals surface area (Å²) >= 11 is 0. The number of piperidine rings is 1. The number of nitrogens with zero attached hydrogens (tertiary/aromatic N) is 4. The van der Waals surface area contributed by atoms with Gasteiger partial charge in [-0.2, -0.15) is 18.2 Å². The molecule has 32 heavy (non-hydrogen) atoms. The second kappa shape index (κ2) is 9.99. The topological polar surface area (TPSA) is 53.5 Å². The van der Waals surface area contributed by atoms with Gasteiger partial charge >= 0.3 is 6.18 Å². The molecule has 2 fully saturated rings. The van der Waals surface area contributed by atoms with Gasteiger partial charge in [0, 0.05) is 44.9 Å². The molecule has 6 nitrogen and oxygen atoms in total. The number of hydrogen-bond acceptors (Lipinski definition) is 6. The second-order valence-electron chi connectivity index (χ2n) is 8.28. The van der Waals surface area contributed by atoms with E-state index in [1.54, 1.807) is 4.90 Å². The van der Waals surface area contributed by atoms with Crippen LogP contribution in [0.1, 0.15) is 25.0 Å². The molecule has 0 saturated carbocycles. The number of rotatable bonds is 5. The highest BCUT2D eigenvalue weighted by Gasteiger charge is 2.35. The molecule has 0 atom stereocenters. The highest BCUT2D eigenvalue weighted by molar-refractivity contribution is 5.38. The molecule has 0 amide bonds. The van der Waals surface area contributed by atoms with E-state index in [2.05, 4.69) is 20.2 Å². The number of benzene rings is 1. The zero-order valence-electron chi connectivity index (χ0n) is 17.7. The molecule has 0 aliphatic carbocycles. The van der Waals surface area contributed by atoms with Crippen molar-refractivity contribution < 1.29 is 22.3 Å². The minimum Gasteiger partial charge on any atom is -0.439 e. The Bertz CT molecular complexity index is 894. The molecule has 4 rings (SSSR count). The molecule has 2 aromatic rings. The summed E-state index contributed by atoms with van der Waals surface area (Å²) in [6.45, 7) is 6.30. The first-order chi connectivity index (χ1) is 15.4. The van der Waals surface area contributed by atoms with Crippen molar-refractivity contribution in [1.82, 2.24) is 20.2 Å². The molecule has 10 heteroatoms. The van der Waals surface area contributed by atoms with Gasteiger partial charge < -0.3 is 19.9 Å². The van der Waals surface area contributed by atoms with Gasteiger partial charge in [0.25, 0.3) is 0 Å². The first-order valence-corrected chi connectivity index (χ1v) is 10.9. The molecule has 0 unspecified atom stereocenters. The Morgan fingerprint density at radius 1 is 1.03 bits per heavy atom. The van der Waals surface area contributed by atoms with Gasteiger partial charge in [0.05, 0.1) is 0 Å². The van der Waals surface area contributed by atoms with E-state index in [0.29, 0.717) is 19.0 Å². The van der Waals surface area contributed by atoms with Crippen LogP contribution in [0, 0.1) is 11.7 Å². The molecule has 174 valence electrons. The van der Waals surface area contributed by atoms with Crippen molar-refractivity contribution in [2.45, 2.75) is 25.4 Å². The van der Waals surface area contributed by atoms with E-state index in [-0.39, 0.29) is 17.6 Å². The monoisotopic (exact) mass is 453 g/mol. The van der Waals surface area contributed by atoms with Gasteiger partial charge in [-0.25, -0.2) is 9.37 Å². The van der Waals surface area contributed by atoms with E-state index in [1.165, 1.54) is 18.2 Å². The zero-order chi connectivity index (χ0) is 22.6. The molecule has 2 aliphatic heterocycles. The number of halogens is 4. The van der Waals surface area contributed by atoms with E-state index in [1.807, 2.05) is 0 Å². The van der Waals surface area contributed by atoms with Gasteiger partial charge in [-0.3, -0.25) is 0 Å². The Balaban J connectivity index is 1.45. The van der Waals surface area contributed by atoms with Crippen molar-refractivity contribution in [2.24, 2.45) is 5.92 Å². The van der Waals surface area contributed by atoms with Crippen LogP contribution in [-0.4, -0.2) is 60.7 Å². The lowest BCUT2D eigenvalue weighted by molar-refractivity contribution is -0.141. The average molecular weight is 453 g/mol. The van der Waals surface area contributed by atoms with Crippen LogP contribution in [0.5, 0.6) is 11.6 Å². The first-order valence-electron chi connectivity index (χ1n) is 10.9. The minimum atomic E-state index is -4.64. The number of nitrogens with one attached hydrogen (secondary N) is 1. The van der Waals surface area contributed by atoms with E-state index in [0.717, 1.165) is 64.1 Å². The first kappa shape index (κ1) is 22.7. The molecule has 0 bridgehead atoms. The van der Waals surface area contributed by atoms with Crippen LogP contribution < -0.4 is 15.0 Å². The van der Waals surface area contributed by atoms with Crippen LogP contribution in [-0.2, 0) is 6.18 Å². The third kappa shape index (κ3) is 6.07. The summed E-state index contributed by atoms with van der Waals surface area (Å²) in [5, 5.41) is 3.40. The predicted octanol–water partition coefficient (Wildman–Crippen LogP) is 3.94. The smallest absolute Gasteiger partial charge is 0.433 e. The van der Waals surface area contributed by atoms with E-state index >= 15 is 0 Å². The molecule has 1 aromatic heterocycles. The van der Waals surface area contributed by atoms with Crippen molar-refractivity contribution in [3.8, 4) is 11.6 Å². The van der Waals surface area contributed by atoms with Gasteiger partial charge in [-0.05, 0) is 50.4 Å². The molecule has 2 saturated heterocycles. The van der Waals surface area contributed by atoms with Crippen molar-refractivity contribution >= 4 is 5.95 Å². The van der Waals surface area contributed by atoms with Gasteiger partial charge in [-0.15, -0.1) is 0 Å². The summed E-state index contributed by atoms with van der Waals surface area (Å²) < 4.78 is 59.2. The Morgan fingerprint density at radius 2 is 1.84 bits per heavy atom. The lowest BCUT2D eigenvalue weighted by Gasteiger charge is -2.34. The maximum atomic E-state index is 13.4. The number of hydrogen-bond donors (Lipinski definition) is 1. The SMILES string of the molecule is Fc1cccc(Oc2cc(C(F)(F)F)nc(N3CCC(CN4CCCNCC4)CC3)n2)c1. The lowest BCUT2D eigenvalue weighted by atomic mass is 9.96. The fourth-order valence-electron chi connectivity index (χ4n) is 4.17. The summed E-state index contributed by atoms with van der Waals surface area (Å²) in [5.41, 5.74) is -1.08. The molecular weight excluding hydrogens is 426 g/mol. The standard InChI is InChI=1S/C22H27F4N5O/c23-17-3-1-4-18(13-17)32-20-14-19(22(24,25)26)28-21(29-20)31-10-5-16(6-11-31)15-30-9-2-7-27-8-12-30/h1,3-4,13-14,16,27H,2,5-12,15H2. The summed E-state index contributed by atoms with van der Waals surface area (Å²) in [7, 11) is 0. The summed E-state index contributed by atoms with van der Waals surface area (Å²) in [6, 6.07) is 5.95. The van der Waals surface area contributed by atoms with Crippen molar-refractivity contribution in [3.63, 3.8) is 0 Å². The normalized spacial score (nSPS) is 19.1. The van der Waals surface area contributed by atoms with Crippen LogP contribution in [0.25, 0.3) is 0 Å². The summed E-state index contributed by atoms with van der Waals surface area (Å²) in [4.78, 5) is 12.2. The quantitative estimate of drug-likeness (QED) is 0.693. The van der Waals surface area contributed by atoms with Crippen LogP contribution in [0.3, 0.4) is 0 Å². The molecular formula is C22H27F4N5O. The highest BCUT2D eigenvalue weighted by atomic mass is 19.4. The van der Waals surface area contributed by atoms with Crippen LogP contribution in [0.2, 0.25) is 0 Å². The maximum absolute atomic E-state index is 13.4. The summed E-state index contributed by atoms with van der Waals surface area (Å²) in [5.74, 6) is -0.238. The molecule has 0 spiro atoms. The second-order valence-corrected chi connectivity index (χ2v) is 8.28. The van der Waals surface area contributed by atoms with E-state index in [9.17, 15) is 17.6 Å². The summed E-state index contributed by atoms with van der Waals surface area (Å²) in [6.07, 6.45) is -1.78. The largest absolute Gasteiger partial charge is 0.439 e. The van der Waals surface area contributed by atoms with Crippen LogP contribution >= 0.6 is 0 Å². The van der Waals surface area contributed by atoms with Gasteiger partial charge in [0.15, 0.2) is 5.69 Å². The molecule has 1 aromatic carbocycles. The third-order valence-corrected chi connectivity index (χ3v) is 5.85. The number of aromatic nitrogens is 2. The maximum Gasteiger partial charge on any atom is 0.433 e. The third-order valence-electron chi connectivity index (χ3n) is 5.85. The highest BCUT2D eigenvalue weighted by Crippen LogP contribution is 2.33. The fraction of sp³-hybridized carbons (Fsp3) is 0.545. The fourth-order valence-corrected chi connectivity index (χ4v) is 4.17. The molecule has 1 N–H and O–H groups in total. The Morgan fingerprint density at radius 3 is 2.59 bits per heavy atom. The van der Waals surface area contributed by atoms with Crippen molar-refractivity contribution in [2.75, 3.05) is 50.7 Å². The van der Waals surface area contributed by atoms with Crippen molar-refractivity contribution in [3.05, 3.63) is 41.8 Å². The molecule has 2 aliphatic rings. The number of ether oxygens (including phenoxy) is 1. The minimum absolute atomic E-state index is 0.0105. The Kier molecular flexibility index (Phi) is 7.10. The van der Waals surface area contributed by atoms with Crippen molar-refractivity contribution in [1.29, 1.82) is 0 Å².